The summed E-state index contributed by atoms with van der Waals surface area (Å²) in [4.78, 5) is 14.8. The van der Waals surface area contributed by atoms with Crippen molar-refractivity contribution >= 4 is 21.6 Å². The highest BCUT2D eigenvalue weighted by molar-refractivity contribution is 7.92. The summed E-state index contributed by atoms with van der Waals surface area (Å²) < 4.78 is 28.2. The lowest BCUT2D eigenvalue weighted by Crippen LogP contribution is -2.41. The first kappa shape index (κ1) is 22.6. The number of anilines is 1. The lowest BCUT2D eigenvalue weighted by atomic mass is 10.1. The number of amides is 1. The Hall–Kier alpha value is -3.12. The van der Waals surface area contributed by atoms with Gasteiger partial charge < -0.3 is 4.90 Å². The van der Waals surface area contributed by atoms with Crippen molar-refractivity contribution in [1.29, 1.82) is 0 Å². The zero-order chi connectivity index (χ0) is 22.6. The molecule has 0 aromatic heterocycles. The first-order valence-electron chi connectivity index (χ1n) is 10.1. The molecule has 0 aliphatic rings. The fourth-order valence-corrected chi connectivity index (χ4v) is 4.80. The molecule has 3 aromatic carbocycles. The number of carbonyl (C=O) groups excluding carboxylic acids is 1. The molecule has 0 saturated heterocycles. The van der Waals surface area contributed by atoms with Crippen molar-refractivity contribution < 1.29 is 13.2 Å². The van der Waals surface area contributed by atoms with E-state index in [4.69, 9.17) is 0 Å². The van der Waals surface area contributed by atoms with Crippen LogP contribution in [0.25, 0.3) is 0 Å². The van der Waals surface area contributed by atoms with Gasteiger partial charge in [0.15, 0.2) is 0 Å². The summed E-state index contributed by atoms with van der Waals surface area (Å²) in [5.74, 6) is -0.277. The molecule has 0 spiro atoms. The van der Waals surface area contributed by atoms with Gasteiger partial charge in [0.2, 0.25) is 5.91 Å². The molecule has 0 saturated carbocycles. The first-order valence-corrected chi connectivity index (χ1v) is 11.6. The van der Waals surface area contributed by atoms with E-state index in [2.05, 4.69) is 0 Å². The smallest absolute Gasteiger partial charge is 0.264 e. The van der Waals surface area contributed by atoms with Gasteiger partial charge in [-0.3, -0.25) is 9.10 Å². The van der Waals surface area contributed by atoms with Crippen LogP contribution in [0.2, 0.25) is 0 Å². The summed E-state index contributed by atoms with van der Waals surface area (Å²) in [5, 5.41) is 0. The first-order chi connectivity index (χ1) is 14.7. The van der Waals surface area contributed by atoms with E-state index in [1.165, 1.54) is 4.31 Å². The standard InChI is InChI=1S/C25H28N2O3S/c1-19-11-14-22(15-12-19)17-26(4)25(28)18-27(24-16-20(2)10-13-21(24)3)31(29,30)23-8-6-5-7-9-23/h5-16H,17-18H2,1-4H3. The molecule has 0 aliphatic heterocycles. The maximum Gasteiger partial charge on any atom is 0.264 e. The number of aryl methyl sites for hydroxylation is 3. The maximum absolute atomic E-state index is 13.5. The lowest BCUT2D eigenvalue weighted by molar-refractivity contribution is -0.128. The summed E-state index contributed by atoms with van der Waals surface area (Å²) in [7, 11) is -2.22. The Morgan fingerprint density at radius 3 is 2.10 bits per heavy atom. The SMILES string of the molecule is Cc1ccc(CN(C)C(=O)CN(c2cc(C)ccc2C)S(=O)(=O)c2ccccc2)cc1. The van der Waals surface area contributed by atoms with Gasteiger partial charge in [0.25, 0.3) is 10.0 Å². The van der Waals surface area contributed by atoms with Crippen LogP contribution in [0.1, 0.15) is 22.3 Å². The van der Waals surface area contributed by atoms with Gasteiger partial charge in [-0.1, -0.05) is 60.2 Å². The van der Waals surface area contributed by atoms with Gasteiger partial charge in [0, 0.05) is 13.6 Å². The molecule has 5 nitrogen and oxygen atoms in total. The largest absolute Gasteiger partial charge is 0.340 e. The Bertz CT molecular complexity index is 1160. The van der Waals surface area contributed by atoms with E-state index in [1.54, 1.807) is 42.3 Å². The highest BCUT2D eigenvalue weighted by Crippen LogP contribution is 2.28. The van der Waals surface area contributed by atoms with Crippen LogP contribution in [0.3, 0.4) is 0 Å². The van der Waals surface area contributed by atoms with Gasteiger partial charge in [0.1, 0.15) is 6.54 Å². The molecule has 3 aromatic rings. The second kappa shape index (κ2) is 9.35. The van der Waals surface area contributed by atoms with Crippen molar-refractivity contribution in [2.75, 3.05) is 17.9 Å². The van der Waals surface area contributed by atoms with Crippen LogP contribution in [-0.2, 0) is 21.4 Å². The Kier molecular flexibility index (Phi) is 6.81. The summed E-state index contributed by atoms with van der Waals surface area (Å²) in [6.07, 6.45) is 0. The molecule has 0 heterocycles. The van der Waals surface area contributed by atoms with Gasteiger partial charge in [-0.2, -0.15) is 0 Å². The summed E-state index contributed by atoms with van der Waals surface area (Å²) >= 11 is 0. The molecule has 0 bridgehead atoms. The second-order valence-corrected chi connectivity index (χ2v) is 9.71. The van der Waals surface area contributed by atoms with Gasteiger partial charge in [-0.25, -0.2) is 8.42 Å². The fraction of sp³-hybridized carbons (Fsp3) is 0.240. The van der Waals surface area contributed by atoms with Crippen molar-refractivity contribution in [2.24, 2.45) is 0 Å². The van der Waals surface area contributed by atoms with Gasteiger partial charge >= 0.3 is 0 Å². The van der Waals surface area contributed by atoms with Crippen molar-refractivity contribution in [3.8, 4) is 0 Å². The Morgan fingerprint density at radius 1 is 0.839 bits per heavy atom. The maximum atomic E-state index is 13.5. The Labute approximate surface area is 185 Å². The van der Waals surface area contributed by atoms with Crippen LogP contribution in [0.4, 0.5) is 5.69 Å². The molecule has 6 heteroatoms. The molecule has 162 valence electrons. The number of likely N-dealkylation sites (N-methyl/N-ethyl adjacent to an activating group) is 1. The minimum Gasteiger partial charge on any atom is -0.340 e. The highest BCUT2D eigenvalue weighted by Gasteiger charge is 2.29. The molecule has 0 N–H and O–H groups in total. The molecule has 0 radical (unpaired) electrons. The molecule has 0 aliphatic carbocycles. The number of hydrogen-bond donors (Lipinski definition) is 0. The predicted octanol–water partition coefficient (Wildman–Crippen LogP) is 4.47. The minimum absolute atomic E-state index is 0.157. The van der Waals surface area contributed by atoms with E-state index in [-0.39, 0.29) is 17.3 Å². The van der Waals surface area contributed by atoms with Crippen molar-refractivity contribution in [3.63, 3.8) is 0 Å². The van der Waals surface area contributed by atoms with Crippen molar-refractivity contribution in [3.05, 3.63) is 95.1 Å². The van der Waals surface area contributed by atoms with Crippen LogP contribution < -0.4 is 4.31 Å². The Morgan fingerprint density at radius 2 is 1.45 bits per heavy atom. The number of rotatable bonds is 7. The van der Waals surface area contributed by atoms with E-state index in [9.17, 15) is 13.2 Å². The molecular formula is C25H28N2O3S. The zero-order valence-corrected chi connectivity index (χ0v) is 19.2. The van der Waals surface area contributed by atoms with Gasteiger partial charge in [-0.05, 0) is 55.7 Å². The fourth-order valence-electron chi connectivity index (χ4n) is 3.31. The number of nitrogens with zero attached hydrogens (tertiary/aromatic N) is 2. The van der Waals surface area contributed by atoms with Gasteiger partial charge in [0.05, 0.1) is 10.6 Å². The number of hydrogen-bond acceptors (Lipinski definition) is 3. The number of carbonyl (C=O) groups is 1. The molecule has 31 heavy (non-hydrogen) atoms. The topological polar surface area (TPSA) is 57.7 Å². The molecule has 0 fully saturated rings. The van der Waals surface area contributed by atoms with Gasteiger partial charge in [-0.15, -0.1) is 0 Å². The molecule has 0 atom stereocenters. The van der Waals surface area contributed by atoms with Crippen LogP contribution in [0.5, 0.6) is 0 Å². The van der Waals surface area contributed by atoms with Crippen molar-refractivity contribution in [1.82, 2.24) is 4.90 Å². The van der Waals surface area contributed by atoms with E-state index in [0.717, 1.165) is 22.3 Å². The minimum atomic E-state index is -3.91. The van der Waals surface area contributed by atoms with E-state index < -0.39 is 10.0 Å². The quantitative estimate of drug-likeness (QED) is 0.549. The summed E-state index contributed by atoms with van der Waals surface area (Å²) in [6, 6.07) is 21.8. The van der Waals surface area contributed by atoms with Crippen LogP contribution in [-0.4, -0.2) is 32.8 Å². The van der Waals surface area contributed by atoms with Crippen LogP contribution >= 0.6 is 0 Å². The molecule has 3 rings (SSSR count). The third-order valence-corrected chi connectivity index (χ3v) is 6.98. The third-order valence-electron chi connectivity index (χ3n) is 5.21. The third kappa shape index (κ3) is 5.33. The molecular weight excluding hydrogens is 408 g/mol. The van der Waals surface area contributed by atoms with Crippen LogP contribution in [0.15, 0.2) is 77.7 Å². The van der Waals surface area contributed by atoms with E-state index >= 15 is 0 Å². The number of benzene rings is 3. The zero-order valence-electron chi connectivity index (χ0n) is 18.4. The van der Waals surface area contributed by atoms with Crippen molar-refractivity contribution in [2.45, 2.75) is 32.2 Å². The lowest BCUT2D eigenvalue weighted by Gasteiger charge is -2.28. The van der Waals surface area contributed by atoms with Crippen LogP contribution in [0, 0.1) is 20.8 Å². The summed E-state index contributed by atoms with van der Waals surface area (Å²) in [6.45, 7) is 5.90. The summed E-state index contributed by atoms with van der Waals surface area (Å²) in [5.41, 5.74) is 4.37. The molecule has 0 unspecified atom stereocenters. The average molecular weight is 437 g/mol. The normalized spacial score (nSPS) is 11.2. The van der Waals surface area contributed by atoms with E-state index in [1.807, 2.05) is 63.2 Å². The highest BCUT2D eigenvalue weighted by atomic mass is 32.2. The molecule has 1 amide bonds. The van der Waals surface area contributed by atoms with E-state index in [0.29, 0.717) is 12.2 Å². The number of sulfonamides is 1. The average Bonchev–Trinajstić information content (AvgIpc) is 2.75. The monoisotopic (exact) mass is 436 g/mol. The Balaban J connectivity index is 1.94. The predicted molar refractivity (Wildman–Crippen MR) is 125 cm³/mol. The second-order valence-electron chi connectivity index (χ2n) is 7.85.